The monoisotopic (exact) mass is 522 g/mol. The Hall–Kier alpha value is -3.16. The molecular weight excluding hydrogens is 500 g/mol. The van der Waals surface area contributed by atoms with Gasteiger partial charge in [-0.25, -0.2) is 0 Å². The number of thiocarbonyl (C=S) groups is 1. The molecule has 1 heterocycles. The molecule has 3 aromatic carbocycles. The molecular formula is C26H23BrN2O3S. The van der Waals surface area contributed by atoms with Crippen LogP contribution >= 0.6 is 28.1 Å². The summed E-state index contributed by atoms with van der Waals surface area (Å²) < 4.78 is 12.7. The largest absolute Gasteiger partial charge is 0.490 e. The molecule has 0 radical (unpaired) electrons. The van der Waals surface area contributed by atoms with Crippen LogP contribution in [0.5, 0.6) is 11.5 Å². The highest BCUT2D eigenvalue weighted by Gasteiger charge is 2.36. The van der Waals surface area contributed by atoms with Crippen LogP contribution in [-0.2, 0) is 11.4 Å². The summed E-state index contributed by atoms with van der Waals surface area (Å²) in [6, 6.07) is 23.1. The Labute approximate surface area is 207 Å². The number of para-hydroxylation sites is 1. The molecule has 4 rings (SSSR count). The number of benzene rings is 3. The van der Waals surface area contributed by atoms with E-state index in [0.29, 0.717) is 35.5 Å². The Morgan fingerprint density at radius 1 is 0.970 bits per heavy atom. The first-order valence-corrected chi connectivity index (χ1v) is 11.7. The van der Waals surface area contributed by atoms with Gasteiger partial charge in [-0.3, -0.25) is 9.69 Å². The van der Waals surface area contributed by atoms with E-state index in [1.165, 1.54) is 4.90 Å². The zero-order chi connectivity index (χ0) is 23.4. The van der Waals surface area contributed by atoms with Crippen molar-refractivity contribution in [3.63, 3.8) is 0 Å². The summed E-state index contributed by atoms with van der Waals surface area (Å²) in [5.41, 5.74) is 3.07. The standard InChI is InChI=1S/C26H23BrN2O3S/c1-3-31-23-15-19(21(27)16-24(23)32-17-18-10-6-4-7-11-18)14-22-25(30)29(26(33)28(22)2)20-12-8-5-9-13-20/h4-16H,3,17H2,1-2H3/b22-14-. The minimum absolute atomic E-state index is 0.178. The van der Waals surface area contributed by atoms with Crippen molar-refractivity contribution in [3.8, 4) is 11.5 Å². The van der Waals surface area contributed by atoms with E-state index in [9.17, 15) is 4.79 Å². The van der Waals surface area contributed by atoms with Crippen LogP contribution in [0.15, 0.2) is 83.0 Å². The molecule has 3 aromatic rings. The summed E-state index contributed by atoms with van der Waals surface area (Å²) in [5, 5.41) is 0.432. The van der Waals surface area contributed by atoms with Crippen LogP contribution in [0.25, 0.3) is 6.08 Å². The van der Waals surface area contributed by atoms with Gasteiger partial charge in [0.2, 0.25) is 0 Å². The molecule has 7 heteroatoms. The van der Waals surface area contributed by atoms with Crippen LogP contribution in [0, 0.1) is 0 Å². The third-order valence-electron chi connectivity index (χ3n) is 5.17. The van der Waals surface area contributed by atoms with Crippen molar-refractivity contribution in [1.29, 1.82) is 0 Å². The van der Waals surface area contributed by atoms with Gasteiger partial charge in [-0.1, -0.05) is 64.5 Å². The molecule has 0 spiro atoms. The zero-order valence-electron chi connectivity index (χ0n) is 18.3. The molecule has 5 nitrogen and oxygen atoms in total. The third-order valence-corrected chi connectivity index (χ3v) is 6.31. The second-order valence-electron chi connectivity index (χ2n) is 7.38. The van der Waals surface area contributed by atoms with Crippen molar-refractivity contribution in [2.24, 2.45) is 0 Å². The number of hydrogen-bond donors (Lipinski definition) is 0. The van der Waals surface area contributed by atoms with E-state index < -0.39 is 0 Å². The van der Waals surface area contributed by atoms with Crippen molar-refractivity contribution < 1.29 is 14.3 Å². The fraction of sp³-hybridized carbons (Fsp3) is 0.154. The lowest BCUT2D eigenvalue weighted by Crippen LogP contribution is -2.30. The Morgan fingerprint density at radius 3 is 2.27 bits per heavy atom. The lowest BCUT2D eigenvalue weighted by Gasteiger charge is -2.16. The van der Waals surface area contributed by atoms with Crippen molar-refractivity contribution in [1.82, 2.24) is 4.90 Å². The van der Waals surface area contributed by atoms with Crippen LogP contribution in [-0.4, -0.2) is 29.6 Å². The summed E-state index contributed by atoms with van der Waals surface area (Å²) in [4.78, 5) is 16.5. The maximum Gasteiger partial charge on any atom is 0.281 e. The van der Waals surface area contributed by atoms with Crippen molar-refractivity contribution in [2.75, 3.05) is 18.6 Å². The number of carbonyl (C=O) groups is 1. The normalized spacial score (nSPS) is 14.8. The van der Waals surface area contributed by atoms with Gasteiger partial charge < -0.3 is 14.4 Å². The van der Waals surface area contributed by atoms with Gasteiger partial charge in [-0.15, -0.1) is 0 Å². The molecule has 0 aliphatic carbocycles. The molecule has 1 fully saturated rings. The molecule has 0 aromatic heterocycles. The minimum atomic E-state index is -0.178. The van der Waals surface area contributed by atoms with Crippen LogP contribution in [0.1, 0.15) is 18.1 Å². The predicted octanol–water partition coefficient (Wildman–Crippen LogP) is 6.03. The molecule has 0 unspecified atom stereocenters. The summed E-state index contributed by atoms with van der Waals surface area (Å²) >= 11 is 9.18. The molecule has 168 valence electrons. The summed E-state index contributed by atoms with van der Waals surface area (Å²) in [6.07, 6.45) is 1.81. The van der Waals surface area contributed by atoms with Gasteiger partial charge in [-0.2, -0.15) is 0 Å². The van der Waals surface area contributed by atoms with Gasteiger partial charge in [0.1, 0.15) is 12.3 Å². The van der Waals surface area contributed by atoms with E-state index in [2.05, 4.69) is 15.9 Å². The number of halogens is 1. The fourth-order valence-corrected chi connectivity index (χ4v) is 4.21. The summed E-state index contributed by atoms with van der Waals surface area (Å²) in [6.45, 7) is 2.84. The third kappa shape index (κ3) is 4.94. The molecule has 0 atom stereocenters. The highest BCUT2D eigenvalue weighted by atomic mass is 79.9. The second-order valence-corrected chi connectivity index (χ2v) is 8.59. The average molecular weight is 523 g/mol. The summed E-state index contributed by atoms with van der Waals surface area (Å²) in [7, 11) is 1.80. The van der Waals surface area contributed by atoms with Crippen LogP contribution in [0.3, 0.4) is 0 Å². The van der Waals surface area contributed by atoms with Crippen LogP contribution < -0.4 is 14.4 Å². The van der Waals surface area contributed by atoms with Gasteiger partial charge in [0.15, 0.2) is 16.6 Å². The van der Waals surface area contributed by atoms with Gasteiger partial charge >= 0.3 is 0 Å². The number of anilines is 1. The first-order valence-electron chi connectivity index (χ1n) is 10.5. The molecule has 0 saturated carbocycles. The Balaban J connectivity index is 1.65. The molecule has 1 aliphatic heterocycles. The van der Waals surface area contributed by atoms with Gasteiger partial charge in [0, 0.05) is 11.5 Å². The number of hydrogen-bond acceptors (Lipinski definition) is 4. The first-order chi connectivity index (χ1) is 16.0. The fourth-order valence-electron chi connectivity index (χ4n) is 3.49. The van der Waals surface area contributed by atoms with E-state index in [1.54, 1.807) is 11.9 Å². The molecule has 1 amide bonds. The summed E-state index contributed by atoms with van der Waals surface area (Å²) in [5.74, 6) is 1.06. The van der Waals surface area contributed by atoms with Crippen molar-refractivity contribution in [3.05, 3.63) is 94.1 Å². The highest BCUT2D eigenvalue weighted by molar-refractivity contribution is 9.10. The van der Waals surface area contributed by atoms with E-state index in [4.69, 9.17) is 21.7 Å². The van der Waals surface area contributed by atoms with E-state index >= 15 is 0 Å². The Bertz CT molecular complexity index is 1200. The minimum Gasteiger partial charge on any atom is -0.490 e. The molecule has 0 bridgehead atoms. The lowest BCUT2D eigenvalue weighted by atomic mass is 10.1. The second kappa shape index (κ2) is 10.2. The van der Waals surface area contributed by atoms with Crippen molar-refractivity contribution in [2.45, 2.75) is 13.5 Å². The Kier molecular flexibility index (Phi) is 7.11. The molecule has 1 aliphatic rings. The van der Waals surface area contributed by atoms with Crippen LogP contribution in [0.2, 0.25) is 0 Å². The topological polar surface area (TPSA) is 42.0 Å². The number of rotatable bonds is 7. The quantitative estimate of drug-likeness (QED) is 0.280. The van der Waals surface area contributed by atoms with Crippen LogP contribution in [0.4, 0.5) is 5.69 Å². The number of amides is 1. The van der Waals surface area contributed by atoms with Gasteiger partial charge in [0.25, 0.3) is 5.91 Å². The van der Waals surface area contributed by atoms with E-state index in [-0.39, 0.29) is 5.91 Å². The smallest absolute Gasteiger partial charge is 0.281 e. The predicted molar refractivity (Wildman–Crippen MR) is 138 cm³/mol. The number of ether oxygens (including phenoxy) is 2. The maximum atomic E-state index is 13.2. The average Bonchev–Trinajstić information content (AvgIpc) is 3.04. The Morgan fingerprint density at radius 2 is 1.61 bits per heavy atom. The van der Waals surface area contributed by atoms with E-state index in [0.717, 1.165) is 21.3 Å². The maximum absolute atomic E-state index is 13.2. The first kappa shape index (κ1) is 23.0. The molecule has 0 N–H and O–H groups in total. The lowest BCUT2D eigenvalue weighted by molar-refractivity contribution is -0.114. The van der Waals surface area contributed by atoms with E-state index in [1.807, 2.05) is 85.8 Å². The van der Waals surface area contributed by atoms with Gasteiger partial charge in [0.05, 0.1) is 12.3 Å². The zero-order valence-corrected chi connectivity index (χ0v) is 20.7. The number of nitrogens with zero attached hydrogens (tertiary/aromatic N) is 2. The highest BCUT2D eigenvalue weighted by Crippen LogP contribution is 2.37. The number of carbonyl (C=O) groups excluding carboxylic acids is 1. The molecule has 33 heavy (non-hydrogen) atoms. The molecule has 1 saturated heterocycles. The SMILES string of the molecule is CCOc1cc(/C=C2/C(=O)N(c3ccccc3)C(=S)N2C)c(Br)cc1OCc1ccccc1. The van der Waals surface area contributed by atoms with Gasteiger partial charge in [-0.05, 0) is 60.6 Å². The van der Waals surface area contributed by atoms with Crippen molar-refractivity contribution >= 4 is 50.9 Å². The number of likely N-dealkylation sites (N-methyl/N-ethyl adjacent to an activating group) is 1.